The van der Waals surface area contributed by atoms with Crippen molar-refractivity contribution in [2.45, 2.75) is 33.9 Å². The lowest BCUT2D eigenvalue weighted by Gasteiger charge is -2.06. The predicted molar refractivity (Wildman–Crippen MR) is 99.0 cm³/mol. The zero-order valence-electron chi connectivity index (χ0n) is 15.1. The minimum absolute atomic E-state index is 0.285. The molecule has 0 unspecified atom stereocenters. The Bertz CT molecular complexity index is 961. The summed E-state index contributed by atoms with van der Waals surface area (Å²) in [5, 5.41) is 0.385. The molecule has 6 heteroatoms. The smallest absolute Gasteiger partial charge is 0.338 e. The number of hydrogen-bond acceptors (Lipinski definition) is 2. The molecule has 0 amide bonds. The van der Waals surface area contributed by atoms with Gasteiger partial charge in [0.1, 0.15) is 12.4 Å². The van der Waals surface area contributed by atoms with Crippen LogP contribution in [-0.2, 0) is 17.8 Å². The summed E-state index contributed by atoms with van der Waals surface area (Å²) in [6.45, 7) is 7.16. The van der Waals surface area contributed by atoms with Crippen molar-refractivity contribution in [3.63, 3.8) is 0 Å². The van der Waals surface area contributed by atoms with E-state index in [1.807, 2.05) is 24.5 Å². The largest absolute Gasteiger partial charge is 0.462 e. The SMILES string of the molecule is CCOC(=O)c1ccc2c(c1)n(Cc1c(F)cccc1Cl)c(C)[n+]2CC. The van der Waals surface area contributed by atoms with Crippen molar-refractivity contribution in [1.29, 1.82) is 0 Å². The van der Waals surface area contributed by atoms with Crippen LogP contribution in [0.1, 0.15) is 35.6 Å². The predicted octanol–water partition coefficient (Wildman–Crippen LogP) is 4.27. The maximum atomic E-state index is 14.3. The Balaban J connectivity index is 2.18. The van der Waals surface area contributed by atoms with Crippen molar-refractivity contribution in [2.75, 3.05) is 6.61 Å². The number of hydrogen-bond donors (Lipinski definition) is 0. The van der Waals surface area contributed by atoms with Gasteiger partial charge in [0, 0.05) is 18.6 Å². The standard InChI is InChI=1S/C20H21ClFN2O2/c1-4-23-13(3)24(12-15-16(21)7-6-8-17(15)22)19-11-14(9-10-18(19)23)20(25)26-5-2/h6-11H,4-5,12H2,1-3H3/q+1. The van der Waals surface area contributed by atoms with Gasteiger partial charge in [-0.25, -0.2) is 18.3 Å². The van der Waals surface area contributed by atoms with Crippen LogP contribution in [0.5, 0.6) is 0 Å². The molecule has 0 saturated heterocycles. The topological polar surface area (TPSA) is 35.1 Å². The van der Waals surface area contributed by atoms with Crippen LogP contribution in [0, 0.1) is 12.7 Å². The first-order valence-corrected chi connectivity index (χ1v) is 8.98. The van der Waals surface area contributed by atoms with Gasteiger partial charge in [0.2, 0.25) is 0 Å². The Morgan fingerprint density at radius 1 is 1.27 bits per heavy atom. The van der Waals surface area contributed by atoms with Gasteiger partial charge in [0.05, 0.1) is 23.7 Å². The maximum Gasteiger partial charge on any atom is 0.338 e. The van der Waals surface area contributed by atoms with E-state index in [0.29, 0.717) is 22.8 Å². The minimum Gasteiger partial charge on any atom is -0.462 e. The Morgan fingerprint density at radius 2 is 2.04 bits per heavy atom. The third-order valence-corrected chi connectivity index (χ3v) is 4.90. The van der Waals surface area contributed by atoms with Gasteiger partial charge in [-0.1, -0.05) is 17.7 Å². The van der Waals surface area contributed by atoms with Gasteiger partial charge in [0.25, 0.3) is 5.82 Å². The molecule has 0 aliphatic rings. The molecule has 0 radical (unpaired) electrons. The van der Waals surface area contributed by atoms with Crippen LogP contribution >= 0.6 is 11.6 Å². The number of fused-ring (bicyclic) bond motifs is 1. The van der Waals surface area contributed by atoms with E-state index in [4.69, 9.17) is 16.3 Å². The highest BCUT2D eigenvalue weighted by atomic mass is 35.5. The molecule has 3 rings (SSSR count). The van der Waals surface area contributed by atoms with Gasteiger partial charge in [-0.15, -0.1) is 0 Å². The second-order valence-electron chi connectivity index (χ2n) is 6.00. The van der Waals surface area contributed by atoms with Crippen LogP contribution in [-0.4, -0.2) is 17.1 Å². The van der Waals surface area contributed by atoms with E-state index in [0.717, 1.165) is 23.4 Å². The highest BCUT2D eigenvalue weighted by Crippen LogP contribution is 2.24. The summed E-state index contributed by atoms with van der Waals surface area (Å²) >= 11 is 6.21. The first-order chi connectivity index (χ1) is 12.5. The van der Waals surface area contributed by atoms with Crippen LogP contribution in [0.3, 0.4) is 0 Å². The molecular formula is C20H21ClFN2O2+. The number of ether oxygens (including phenoxy) is 1. The molecule has 1 heterocycles. The minimum atomic E-state index is -0.369. The quantitative estimate of drug-likeness (QED) is 0.493. The van der Waals surface area contributed by atoms with Gasteiger partial charge in [-0.2, -0.15) is 0 Å². The fourth-order valence-electron chi connectivity index (χ4n) is 3.24. The average molecular weight is 376 g/mol. The van der Waals surface area contributed by atoms with E-state index in [1.165, 1.54) is 6.07 Å². The molecule has 0 aliphatic carbocycles. The van der Waals surface area contributed by atoms with Gasteiger partial charge >= 0.3 is 5.97 Å². The Hall–Kier alpha value is -2.40. The second-order valence-corrected chi connectivity index (χ2v) is 6.41. The summed E-state index contributed by atoms with van der Waals surface area (Å²) in [5.41, 5.74) is 2.72. The van der Waals surface area contributed by atoms with Crippen LogP contribution < -0.4 is 4.57 Å². The molecule has 0 saturated carbocycles. The Kier molecular flexibility index (Phi) is 5.28. The zero-order valence-corrected chi connectivity index (χ0v) is 15.8. The number of imidazole rings is 1. The number of halogens is 2. The molecule has 26 heavy (non-hydrogen) atoms. The fraction of sp³-hybridized carbons (Fsp3) is 0.300. The van der Waals surface area contributed by atoms with E-state index >= 15 is 0 Å². The van der Waals surface area contributed by atoms with E-state index in [9.17, 15) is 9.18 Å². The number of aryl methyl sites for hydroxylation is 1. The molecule has 1 aromatic heterocycles. The van der Waals surface area contributed by atoms with Crippen molar-refractivity contribution in [3.8, 4) is 0 Å². The Labute approximate surface area is 156 Å². The maximum absolute atomic E-state index is 14.3. The van der Waals surface area contributed by atoms with E-state index in [-0.39, 0.29) is 18.3 Å². The molecular weight excluding hydrogens is 355 g/mol. The number of aromatic nitrogens is 2. The summed E-state index contributed by atoms with van der Waals surface area (Å²) in [7, 11) is 0. The Morgan fingerprint density at radius 3 is 2.69 bits per heavy atom. The van der Waals surface area contributed by atoms with Gasteiger partial charge in [-0.3, -0.25) is 0 Å². The molecule has 0 aliphatic heterocycles. The number of benzene rings is 2. The zero-order chi connectivity index (χ0) is 18.8. The molecule has 0 atom stereocenters. The highest BCUT2D eigenvalue weighted by Gasteiger charge is 2.24. The number of carbonyl (C=O) groups excluding carboxylic acids is 1. The molecule has 0 bridgehead atoms. The van der Waals surface area contributed by atoms with E-state index < -0.39 is 0 Å². The lowest BCUT2D eigenvalue weighted by Crippen LogP contribution is -2.35. The lowest BCUT2D eigenvalue weighted by atomic mass is 10.1. The molecule has 0 N–H and O–H groups in total. The molecule has 136 valence electrons. The van der Waals surface area contributed by atoms with E-state index in [1.54, 1.807) is 31.2 Å². The number of carbonyl (C=O) groups is 1. The van der Waals surface area contributed by atoms with Crippen LogP contribution in [0.2, 0.25) is 5.02 Å². The van der Waals surface area contributed by atoms with Crippen LogP contribution in [0.4, 0.5) is 4.39 Å². The number of nitrogens with zero attached hydrogens (tertiary/aromatic N) is 2. The number of rotatable bonds is 5. The number of esters is 1. The first-order valence-electron chi connectivity index (χ1n) is 8.60. The fourth-order valence-corrected chi connectivity index (χ4v) is 3.47. The summed E-state index contributed by atoms with van der Waals surface area (Å²) in [5.74, 6) is 0.248. The van der Waals surface area contributed by atoms with Gasteiger partial charge < -0.3 is 4.74 Å². The molecule has 4 nitrogen and oxygen atoms in total. The molecule has 0 fully saturated rings. The van der Waals surface area contributed by atoms with Crippen molar-refractivity contribution in [2.24, 2.45) is 0 Å². The van der Waals surface area contributed by atoms with Gasteiger partial charge in [-0.05, 0) is 38.1 Å². The summed E-state index contributed by atoms with van der Waals surface area (Å²) in [6, 6.07) is 10.1. The monoisotopic (exact) mass is 375 g/mol. The third kappa shape index (κ3) is 3.19. The third-order valence-electron chi connectivity index (χ3n) is 4.54. The normalized spacial score (nSPS) is 11.1. The summed E-state index contributed by atoms with van der Waals surface area (Å²) in [6.07, 6.45) is 0. The second kappa shape index (κ2) is 7.46. The highest BCUT2D eigenvalue weighted by molar-refractivity contribution is 6.31. The molecule has 3 aromatic rings. The van der Waals surface area contributed by atoms with Crippen molar-refractivity contribution in [1.82, 2.24) is 4.57 Å². The summed E-state index contributed by atoms with van der Waals surface area (Å²) < 4.78 is 23.5. The van der Waals surface area contributed by atoms with Crippen LogP contribution in [0.25, 0.3) is 11.0 Å². The first kappa shape index (κ1) is 18.4. The average Bonchev–Trinajstić information content (AvgIpc) is 2.88. The summed E-state index contributed by atoms with van der Waals surface area (Å²) in [4.78, 5) is 12.1. The van der Waals surface area contributed by atoms with E-state index in [2.05, 4.69) is 4.57 Å². The molecule has 0 spiro atoms. The van der Waals surface area contributed by atoms with Crippen molar-refractivity contribution >= 4 is 28.6 Å². The van der Waals surface area contributed by atoms with Crippen LogP contribution in [0.15, 0.2) is 36.4 Å². The molecule has 2 aromatic carbocycles. The van der Waals surface area contributed by atoms with Crippen molar-refractivity contribution in [3.05, 3.63) is 64.2 Å². The lowest BCUT2D eigenvalue weighted by molar-refractivity contribution is -0.674. The van der Waals surface area contributed by atoms with Gasteiger partial charge in [0.15, 0.2) is 11.0 Å². The van der Waals surface area contributed by atoms with Crippen molar-refractivity contribution < 1.29 is 18.5 Å².